The average molecular weight is 662 g/mol. The fraction of sp³-hybridized carbons (Fsp3) is 0.278. The van der Waals surface area contributed by atoms with Crippen molar-refractivity contribution >= 4 is 39.1 Å². The number of rotatable bonds is 15. The van der Waals surface area contributed by atoms with Crippen molar-refractivity contribution < 1.29 is 22.7 Å². The summed E-state index contributed by atoms with van der Waals surface area (Å²) in [5.41, 5.74) is 1.88. The molecule has 4 aromatic rings. The highest BCUT2D eigenvalue weighted by Gasteiger charge is 2.35. The molecule has 0 spiro atoms. The standard InChI is InChI=1S/C36H40ClN3O5S/c1-4-27(3)38-36(42)34(24-28-13-8-6-9-14-28)39(25-29-15-12-16-30(37)23-29)35(41)26-40(31-17-10-7-11-18-31)46(43,44)33-21-19-32(20-22-33)45-5-2/h6-23,27,34H,4-5,24-26H2,1-3H3,(H,38,42)/t27-,34+/m0/s1. The van der Waals surface area contributed by atoms with Crippen LogP contribution in [-0.2, 0) is 32.6 Å². The number of carbonyl (C=O) groups excluding carboxylic acids is 2. The quantitative estimate of drug-likeness (QED) is 0.157. The fourth-order valence-electron chi connectivity index (χ4n) is 4.95. The SMILES string of the molecule is CCOc1ccc(S(=O)(=O)N(CC(=O)N(Cc2cccc(Cl)c2)[C@H](Cc2ccccc2)C(=O)N[C@@H](C)CC)c2ccccc2)cc1. The summed E-state index contributed by atoms with van der Waals surface area (Å²) in [4.78, 5) is 29.9. The van der Waals surface area contributed by atoms with Crippen LogP contribution in [0.1, 0.15) is 38.3 Å². The van der Waals surface area contributed by atoms with Crippen LogP contribution in [0.3, 0.4) is 0 Å². The molecule has 2 atom stereocenters. The molecular weight excluding hydrogens is 622 g/mol. The van der Waals surface area contributed by atoms with Crippen LogP contribution in [0.5, 0.6) is 5.75 Å². The van der Waals surface area contributed by atoms with Crippen molar-refractivity contribution in [2.45, 2.75) is 57.1 Å². The first kappa shape index (κ1) is 34.5. The number of sulfonamides is 1. The molecule has 0 aromatic heterocycles. The topological polar surface area (TPSA) is 96.0 Å². The highest BCUT2D eigenvalue weighted by molar-refractivity contribution is 7.92. The zero-order valence-electron chi connectivity index (χ0n) is 26.3. The van der Waals surface area contributed by atoms with Crippen molar-refractivity contribution in [1.29, 1.82) is 0 Å². The monoisotopic (exact) mass is 661 g/mol. The van der Waals surface area contributed by atoms with E-state index in [9.17, 15) is 18.0 Å². The van der Waals surface area contributed by atoms with E-state index < -0.39 is 28.5 Å². The Hall–Kier alpha value is -4.34. The molecule has 0 aliphatic heterocycles. The van der Waals surface area contributed by atoms with Gasteiger partial charge >= 0.3 is 0 Å². The number of para-hydroxylation sites is 1. The second-order valence-corrected chi connectivity index (χ2v) is 13.2. The maximum absolute atomic E-state index is 14.5. The Morgan fingerprint density at radius 3 is 2.09 bits per heavy atom. The Kier molecular flexibility index (Phi) is 12.2. The summed E-state index contributed by atoms with van der Waals surface area (Å²) in [6.45, 7) is 5.65. The fourth-order valence-corrected chi connectivity index (χ4v) is 6.58. The van der Waals surface area contributed by atoms with Gasteiger partial charge in [-0.3, -0.25) is 13.9 Å². The lowest BCUT2D eigenvalue weighted by atomic mass is 10.0. The Balaban J connectivity index is 1.78. The van der Waals surface area contributed by atoms with Gasteiger partial charge in [0.05, 0.1) is 17.2 Å². The lowest BCUT2D eigenvalue weighted by Gasteiger charge is -2.34. The molecule has 1 N–H and O–H groups in total. The van der Waals surface area contributed by atoms with Crippen LogP contribution in [0, 0.1) is 0 Å². The van der Waals surface area contributed by atoms with Gasteiger partial charge < -0.3 is 15.0 Å². The minimum absolute atomic E-state index is 0.00402. The van der Waals surface area contributed by atoms with Crippen molar-refractivity contribution in [1.82, 2.24) is 10.2 Å². The largest absolute Gasteiger partial charge is 0.494 e. The van der Waals surface area contributed by atoms with Crippen molar-refractivity contribution in [3.63, 3.8) is 0 Å². The van der Waals surface area contributed by atoms with Crippen LogP contribution >= 0.6 is 11.6 Å². The minimum atomic E-state index is -4.21. The summed E-state index contributed by atoms with van der Waals surface area (Å²) in [7, 11) is -4.21. The van der Waals surface area contributed by atoms with E-state index in [2.05, 4.69) is 5.32 Å². The van der Waals surface area contributed by atoms with Gasteiger partial charge in [0.1, 0.15) is 18.3 Å². The number of amides is 2. The summed E-state index contributed by atoms with van der Waals surface area (Å²) in [6.07, 6.45) is 0.931. The van der Waals surface area contributed by atoms with Gasteiger partial charge in [-0.25, -0.2) is 8.42 Å². The molecular formula is C36H40ClN3O5S. The number of hydrogen-bond donors (Lipinski definition) is 1. The normalized spacial score (nSPS) is 12.5. The van der Waals surface area contributed by atoms with E-state index >= 15 is 0 Å². The number of hydrogen-bond acceptors (Lipinski definition) is 5. The molecule has 0 saturated carbocycles. The van der Waals surface area contributed by atoms with E-state index in [-0.39, 0.29) is 29.8 Å². The first-order valence-electron chi connectivity index (χ1n) is 15.3. The van der Waals surface area contributed by atoms with Crippen molar-refractivity contribution in [3.05, 3.63) is 125 Å². The van der Waals surface area contributed by atoms with Gasteiger partial charge in [-0.1, -0.05) is 79.2 Å². The second kappa shape index (κ2) is 16.3. The van der Waals surface area contributed by atoms with Crippen LogP contribution in [-0.4, -0.2) is 50.4 Å². The van der Waals surface area contributed by atoms with Gasteiger partial charge in [0.25, 0.3) is 10.0 Å². The molecule has 0 unspecified atom stereocenters. The molecule has 0 aliphatic rings. The number of halogens is 1. The first-order valence-corrected chi connectivity index (χ1v) is 17.1. The number of benzene rings is 4. The minimum Gasteiger partial charge on any atom is -0.494 e. The van der Waals surface area contributed by atoms with E-state index in [0.29, 0.717) is 35.1 Å². The molecule has 4 aromatic carbocycles. The predicted octanol–water partition coefficient (Wildman–Crippen LogP) is 6.49. The highest BCUT2D eigenvalue weighted by atomic mass is 35.5. The zero-order valence-corrected chi connectivity index (χ0v) is 27.9. The number of anilines is 1. The molecule has 8 nitrogen and oxygen atoms in total. The molecule has 0 aliphatic carbocycles. The van der Waals surface area contributed by atoms with Gasteiger partial charge in [0.15, 0.2) is 0 Å². The number of nitrogens with one attached hydrogen (secondary N) is 1. The third-order valence-corrected chi connectivity index (χ3v) is 9.58. The van der Waals surface area contributed by atoms with E-state index in [1.54, 1.807) is 60.7 Å². The van der Waals surface area contributed by atoms with E-state index in [1.807, 2.05) is 57.2 Å². The highest BCUT2D eigenvalue weighted by Crippen LogP contribution is 2.26. The third-order valence-electron chi connectivity index (χ3n) is 7.56. The third kappa shape index (κ3) is 9.11. The van der Waals surface area contributed by atoms with E-state index in [0.717, 1.165) is 9.87 Å². The molecule has 10 heteroatoms. The molecule has 2 amide bonds. The lowest BCUT2D eigenvalue weighted by molar-refractivity contribution is -0.140. The van der Waals surface area contributed by atoms with Gasteiger partial charge in [-0.2, -0.15) is 0 Å². The molecule has 4 rings (SSSR count). The maximum atomic E-state index is 14.5. The summed E-state index contributed by atoms with van der Waals surface area (Å²) in [5, 5.41) is 3.52. The molecule has 0 heterocycles. The van der Waals surface area contributed by atoms with Crippen LogP contribution in [0.15, 0.2) is 114 Å². The van der Waals surface area contributed by atoms with Crippen LogP contribution < -0.4 is 14.4 Å². The summed E-state index contributed by atoms with van der Waals surface area (Å²) in [6, 6.07) is 30.0. The second-order valence-electron chi connectivity index (χ2n) is 10.9. The Bertz CT molecular complexity index is 1690. The van der Waals surface area contributed by atoms with Gasteiger partial charge in [-0.05, 0) is 79.9 Å². The Morgan fingerprint density at radius 2 is 1.48 bits per heavy atom. The molecule has 46 heavy (non-hydrogen) atoms. The van der Waals surface area contributed by atoms with Gasteiger partial charge in [0, 0.05) is 24.0 Å². The summed E-state index contributed by atoms with van der Waals surface area (Å²) < 4.78 is 34.9. The Labute approximate surface area is 277 Å². The number of carbonyl (C=O) groups is 2. The molecule has 0 saturated heterocycles. The Morgan fingerprint density at radius 1 is 0.848 bits per heavy atom. The predicted molar refractivity (Wildman–Crippen MR) is 182 cm³/mol. The number of ether oxygens (including phenoxy) is 1. The summed E-state index contributed by atoms with van der Waals surface area (Å²) in [5.74, 6) is -0.333. The van der Waals surface area contributed by atoms with Crippen LogP contribution in [0.4, 0.5) is 5.69 Å². The van der Waals surface area contributed by atoms with E-state index in [4.69, 9.17) is 16.3 Å². The van der Waals surface area contributed by atoms with Crippen molar-refractivity contribution in [2.24, 2.45) is 0 Å². The number of nitrogens with zero attached hydrogens (tertiary/aromatic N) is 2. The smallest absolute Gasteiger partial charge is 0.264 e. The first-order chi connectivity index (χ1) is 22.1. The van der Waals surface area contributed by atoms with Crippen LogP contribution in [0.25, 0.3) is 0 Å². The van der Waals surface area contributed by atoms with Crippen molar-refractivity contribution in [3.8, 4) is 5.75 Å². The van der Waals surface area contributed by atoms with Crippen LogP contribution in [0.2, 0.25) is 5.02 Å². The van der Waals surface area contributed by atoms with Crippen molar-refractivity contribution in [2.75, 3.05) is 17.5 Å². The zero-order chi connectivity index (χ0) is 33.1. The van der Waals surface area contributed by atoms with Gasteiger partial charge in [-0.15, -0.1) is 0 Å². The van der Waals surface area contributed by atoms with E-state index in [1.165, 1.54) is 17.0 Å². The molecule has 0 bridgehead atoms. The average Bonchev–Trinajstić information content (AvgIpc) is 3.06. The molecule has 242 valence electrons. The molecule has 0 fully saturated rings. The maximum Gasteiger partial charge on any atom is 0.264 e. The molecule has 0 radical (unpaired) electrons. The lowest BCUT2D eigenvalue weighted by Crippen LogP contribution is -2.54. The summed E-state index contributed by atoms with van der Waals surface area (Å²) >= 11 is 6.31. The van der Waals surface area contributed by atoms with Gasteiger partial charge in [0.2, 0.25) is 11.8 Å².